The van der Waals surface area contributed by atoms with Crippen LogP contribution >= 0.6 is 0 Å². The Labute approximate surface area is 140 Å². The van der Waals surface area contributed by atoms with Crippen LogP contribution in [0, 0.1) is 0 Å². The van der Waals surface area contributed by atoms with Gasteiger partial charge in [0.15, 0.2) is 0 Å². The van der Waals surface area contributed by atoms with Crippen molar-refractivity contribution >= 4 is 26.7 Å². The van der Waals surface area contributed by atoms with Crippen LogP contribution in [0.2, 0.25) is 6.04 Å². The van der Waals surface area contributed by atoms with Crippen molar-refractivity contribution in [3.8, 4) is 0 Å². The number of rotatable bonds is 12. The van der Waals surface area contributed by atoms with E-state index in [1.165, 1.54) is 46.5 Å². The summed E-state index contributed by atoms with van der Waals surface area (Å²) in [6, 6.07) is 0.278. The second-order valence-electron chi connectivity index (χ2n) is 5.69. The van der Waals surface area contributed by atoms with Crippen LogP contribution in [0.5, 0.6) is 0 Å². The quantitative estimate of drug-likeness (QED) is 0.395. The standard InChI is InChI=1S/C16H30O6Si/c1-5-6-7-8-9-10-11-12-13-23(20-14(2)17,21-15(3)18)22-16(4)19/h5-13H2,1-4H3. The van der Waals surface area contributed by atoms with Gasteiger partial charge in [0.05, 0.1) is 6.04 Å². The van der Waals surface area contributed by atoms with Crippen molar-refractivity contribution in [1.82, 2.24) is 0 Å². The van der Waals surface area contributed by atoms with Gasteiger partial charge >= 0.3 is 8.80 Å². The summed E-state index contributed by atoms with van der Waals surface area (Å²) < 4.78 is 15.4. The van der Waals surface area contributed by atoms with E-state index in [2.05, 4.69) is 6.92 Å². The van der Waals surface area contributed by atoms with Gasteiger partial charge in [-0.2, -0.15) is 0 Å². The molecule has 0 amide bonds. The number of unbranched alkanes of at least 4 members (excludes halogenated alkanes) is 7. The molecule has 0 N–H and O–H groups in total. The van der Waals surface area contributed by atoms with Crippen molar-refractivity contribution in [2.75, 3.05) is 0 Å². The Morgan fingerprint density at radius 1 is 0.652 bits per heavy atom. The molecule has 134 valence electrons. The van der Waals surface area contributed by atoms with Gasteiger partial charge in [-0.3, -0.25) is 14.4 Å². The molecule has 0 aliphatic rings. The van der Waals surface area contributed by atoms with Gasteiger partial charge in [0.2, 0.25) is 0 Å². The zero-order valence-corrected chi connectivity index (χ0v) is 15.8. The number of hydrogen-bond acceptors (Lipinski definition) is 6. The maximum atomic E-state index is 11.3. The Balaban J connectivity index is 4.41. The molecule has 0 unspecified atom stereocenters. The first-order valence-corrected chi connectivity index (χ1v) is 10.3. The maximum absolute atomic E-state index is 11.3. The molecule has 23 heavy (non-hydrogen) atoms. The highest BCUT2D eigenvalue weighted by Gasteiger charge is 2.51. The molecule has 0 atom stereocenters. The van der Waals surface area contributed by atoms with E-state index in [9.17, 15) is 14.4 Å². The summed E-state index contributed by atoms with van der Waals surface area (Å²) in [5.74, 6) is -1.84. The lowest BCUT2D eigenvalue weighted by atomic mass is 10.1. The van der Waals surface area contributed by atoms with Crippen molar-refractivity contribution in [2.45, 2.75) is 85.1 Å². The van der Waals surface area contributed by atoms with Gasteiger partial charge in [0.1, 0.15) is 0 Å². The number of carbonyl (C=O) groups is 3. The molecule has 0 fully saturated rings. The molecule has 0 saturated heterocycles. The summed E-state index contributed by atoms with van der Waals surface area (Å²) in [6.07, 6.45) is 8.79. The third-order valence-electron chi connectivity index (χ3n) is 3.23. The average molecular weight is 346 g/mol. The van der Waals surface area contributed by atoms with Crippen LogP contribution in [0.25, 0.3) is 0 Å². The molecule has 0 aromatic heterocycles. The van der Waals surface area contributed by atoms with E-state index in [0.717, 1.165) is 19.3 Å². The highest BCUT2D eigenvalue weighted by Crippen LogP contribution is 2.21. The lowest BCUT2D eigenvalue weighted by Gasteiger charge is -2.26. The van der Waals surface area contributed by atoms with Crippen LogP contribution in [0.15, 0.2) is 0 Å². The first kappa shape index (κ1) is 21.6. The van der Waals surface area contributed by atoms with Crippen LogP contribution in [0.1, 0.15) is 79.1 Å². The smallest absolute Gasteiger partial charge is 0.455 e. The van der Waals surface area contributed by atoms with E-state index >= 15 is 0 Å². The zero-order valence-electron chi connectivity index (χ0n) is 14.8. The predicted octanol–water partition coefficient (Wildman–Crippen LogP) is 3.76. The fraction of sp³-hybridized carbons (Fsp3) is 0.812. The normalized spacial score (nSPS) is 11.0. The van der Waals surface area contributed by atoms with Crippen LogP contribution in [-0.4, -0.2) is 26.7 Å². The van der Waals surface area contributed by atoms with Crippen molar-refractivity contribution in [2.24, 2.45) is 0 Å². The zero-order chi connectivity index (χ0) is 17.7. The van der Waals surface area contributed by atoms with E-state index in [-0.39, 0.29) is 6.04 Å². The van der Waals surface area contributed by atoms with E-state index in [0.29, 0.717) is 6.42 Å². The van der Waals surface area contributed by atoms with Gasteiger partial charge in [0.25, 0.3) is 17.9 Å². The first-order chi connectivity index (χ1) is 10.8. The van der Waals surface area contributed by atoms with E-state index < -0.39 is 26.7 Å². The fourth-order valence-corrected chi connectivity index (χ4v) is 4.78. The minimum absolute atomic E-state index is 0.278. The summed E-state index contributed by atoms with van der Waals surface area (Å²) in [5.41, 5.74) is 0. The fourth-order valence-electron chi connectivity index (χ4n) is 2.35. The van der Waals surface area contributed by atoms with Gasteiger partial charge in [-0.1, -0.05) is 51.9 Å². The van der Waals surface area contributed by atoms with Crippen molar-refractivity contribution < 1.29 is 27.7 Å². The summed E-state index contributed by atoms with van der Waals surface area (Å²) in [6.45, 7) is 5.82. The molecule has 0 spiro atoms. The lowest BCUT2D eigenvalue weighted by Crippen LogP contribution is -2.49. The molecule has 6 nitrogen and oxygen atoms in total. The molecule has 0 heterocycles. The van der Waals surface area contributed by atoms with Gasteiger partial charge < -0.3 is 13.3 Å². The van der Waals surface area contributed by atoms with Crippen molar-refractivity contribution in [1.29, 1.82) is 0 Å². The molecule has 0 aliphatic heterocycles. The maximum Gasteiger partial charge on any atom is 0.705 e. The second kappa shape index (κ2) is 12.1. The second-order valence-corrected chi connectivity index (χ2v) is 8.17. The average Bonchev–Trinajstić information content (AvgIpc) is 2.39. The Bertz CT molecular complexity index is 342. The van der Waals surface area contributed by atoms with Gasteiger partial charge in [0, 0.05) is 20.8 Å². The summed E-state index contributed by atoms with van der Waals surface area (Å²) >= 11 is 0. The highest BCUT2D eigenvalue weighted by molar-refractivity contribution is 6.65. The predicted molar refractivity (Wildman–Crippen MR) is 88.5 cm³/mol. The molecule has 0 saturated carbocycles. The van der Waals surface area contributed by atoms with Gasteiger partial charge in [-0.25, -0.2) is 0 Å². The van der Waals surface area contributed by atoms with Crippen LogP contribution in [-0.2, 0) is 27.7 Å². The van der Waals surface area contributed by atoms with E-state index in [1.54, 1.807) is 0 Å². The minimum Gasteiger partial charge on any atom is -0.455 e. The molecular weight excluding hydrogens is 316 g/mol. The van der Waals surface area contributed by atoms with Crippen molar-refractivity contribution in [3.05, 3.63) is 0 Å². The molecule has 0 aromatic rings. The molecule has 0 rings (SSSR count). The summed E-state index contributed by atoms with van der Waals surface area (Å²) in [7, 11) is -3.61. The van der Waals surface area contributed by atoms with Crippen LogP contribution in [0.4, 0.5) is 0 Å². The van der Waals surface area contributed by atoms with Crippen molar-refractivity contribution in [3.63, 3.8) is 0 Å². The highest BCUT2D eigenvalue weighted by atomic mass is 28.4. The van der Waals surface area contributed by atoms with E-state index in [4.69, 9.17) is 13.3 Å². The first-order valence-electron chi connectivity index (χ1n) is 8.40. The Hall–Kier alpha value is -1.37. The van der Waals surface area contributed by atoms with Crippen LogP contribution in [0.3, 0.4) is 0 Å². The molecule has 0 bridgehead atoms. The Kier molecular flexibility index (Phi) is 11.4. The molecule has 0 aromatic carbocycles. The molecule has 0 radical (unpaired) electrons. The SMILES string of the molecule is CCCCCCCCCC[Si](OC(C)=O)(OC(C)=O)OC(C)=O. The Morgan fingerprint density at radius 2 is 1.00 bits per heavy atom. The summed E-state index contributed by atoms with van der Waals surface area (Å²) in [4.78, 5) is 33.9. The van der Waals surface area contributed by atoms with E-state index in [1.807, 2.05) is 0 Å². The number of hydrogen-bond donors (Lipinski definition) is 0. The monoisotopic (exact) mass is 346 g/mol. The van der Waals surface area contributed by atoms with Gasteiger partial charge in [-0.15, -0.1) is 0 Å². The molecule has 7 heteroatoms. The largest absolute Gasteiger partial charge is 0.705 e. The topological polar surface area (TPSA) is 78.9 Å². The summed E-state index contributed by atoms with van der Waals surface area (Å²) in [5, 5.41) is 0. The van der Waals surface area contributed by atoms with Gasteiger partial charge in [-0.05, 0) is 6.42 Å². The molecular formula is C16H30O6Si. The Morgan fingerprint density at radius 3 is 1.35 bits per heavy atom. The number of carbonyl (C=O) groups excluding carboxylic acids is 3. The third-order valence-corrected chi connectivity index (χ3v) is 6.00. The van der Waals surface area contributed by atoms with Crippen LogP contribution < -0.4 is 0 Å². The third kappa shape index (κ3) is 11.8. The molecule has 0 aliphatic carbocycles. The minimum atomic E-state index is -3.61. The lowest BCUT2D eigenvalue weighted by molar-refractivity contribution is -0.147.